The summed E-state index contributed by atoms with van der Waals surface area (Å²) in [6.45, 7) is 3.95. The smallest absolute Gasteiger partial charge is 0.310 e. The van der Waals surface area contributed by atoms with E-state index >= 15 is 0 Å². The number of hydrogen-bond acceptors (Lipinski definition) is 2. The first-order valence-corrected chi connectivity index (χ1v) is 6.15. The Kier molecular flexibility index (Phi) is 3.48. The van der Waals surface area contributed by atoms with Gasteiger partial charge in [-0.2, -0.15) is 0 Å². The third-order valence-corrected chi connectivity index (χ3v) is 3.54. The molecule has 0 fully saturated rings. The number of fused-ring (bicyclic) bond motifs is 1. The summed E-state index contributed by atoms with van der Waals surface area (Å²) in [4.78, 5) is 13.4. The maximum atomic E-state index is 11.1. The largest absolute Gasteiger partial charge is 0.481 e. The molecule has 1 heterocycles. The van der Waals surface area contributed by atoms with Crippen molar-refractivity contribution >= 4 is 5.97 Å². The summed E-state index contributed by atoms with van der Waals surface area (Å²) in [6.07, 6.45) is 1.67. The molecule has 1 aromatic rings. The molecule has 0 radical (unpaired) electrons. The number of likely N-dealkylation sites (N-methyl/N-ethyl adjacent to an activating group) is 1. The van der Waals surface area contributed by atoms with E-state index in [0.29, 0.717) is 6.42 Å². The van der Waals surface area contributed by atoms with Gasteiger partial charge in [-0.15, -0.1) is 0 Å². The summed E-state index contributed by atoms with van der Waals surface area (Å²) in [5.41, 5.74) is 3.60. The van der Waals surface area contributed by atoms with Crippen molar-refractivity contribution in [1.82, 2.24) is 4.90 Å². The minimum absolute atomic E-state index is 0.361. The van der Waals surface area contributed by atoms with E-state index in [4.69, 9.17) is 5.11 Å². The van der Waals surface area contributed by atoms with Crippen molar-refractivity contribution in [2.45, 2.75) is 32.2 Å². The summed E-state index contributed by atoms with van der Waals surface area (Å²) < 4.78 is 0. The molecule has 1 unspecified atom stereocenters. The first-order valence-electron chi connectivity index (χ1n) is 6.15. The van der Waals surface area contributed by atoms with Crippen LogP contribution in [-0.4, -0.2) is 29.6 Å². The van der Waals surface area contributed by atoms with E-state index in [1.54, 1.807) is 0 Å². The van der Waals surface area contributed by atoms with Crippen LogP contribution in [0.25, 0.3) is 0 Å². The van der Waals surface area contributed by atoms with Crippen LogP contribution in [-0.2, 0) is 17.8 Å². The van der Waals surface area contributed by atoms with Crippen molar-refractivity contribution in [3.8, 4) is 0 Å². The van der Waals surface area contributed by atoms with Crippen molar-refractivity contribution < 1.29 is 9.90 Å². The van der Waals surface area contributed by atoms with Crippen LogP contribution < -0.4 is 0 Å². The molecule has 1 aliphatic rings. The normalized spacial score (nSPS) is 17.5. The summed E-state index contributed by atoms with van der Waals surface area (Å²) in [6, 6.07) is 6.15. The van der Waals surface area contributed by atoms with E-state index in [0.717, 1.165) is 25.1 Å². The highest BCUT2D eigenvalue weighted by atomic mass is 16.4. The minimum atomic E-state index is -0.722. The lowest BCUT2D eigenvalue weighted by molar-refractivity contribution is -0.138. The van der Waals surface area contributed by atoms with Crippen molar-refractivity contribution in [2.75, 3.05) is 13.6 Å². The fraction of sp³-hybridized carbons (Fsp3) is 0.500. The number of rotatable bonds is 3. The van der Waals surface area contributed by atoms with Crippen molar-refractivity contribution in [1.29, 1.82) is 0 Å². The predicted octanol–water partition coefficient (Wildman–Crippen LogP) is 2.25. The first-order chi connectivity index (χ1) is 8.11. The van der Waals surface area contributed by atoms with Crippen LogP contribution in [0.1, 0.15) is 36.0 Å². The molecule has 0 spiro atoms. The Bertz CT molecular complexity index is 428. The van der Waals surface area contributed by atoms with Crippen LogP contribution in [0.15, 0.2) is 18.2 Å². The summed E-state index contributed by atoms with van der Waals surface area (Å²) in [7, 11) is 2.11. The third kappa shape index (κ3) is 2.50. The Morgan fingerprint density at radius 2 is 2.24 bits per heavy atom. The standard InChI is InChI=1S/C14H19NO2/c1-3-13(14(16)17)11-4-5-12-9-15(2)7-6-10(12)8-11/h4-5,8,13H,3,6-7,9H2,1-2H3,(H,16,17). The van der Waals surface area contributed by atoms with Gasteiger partial charge >= 0.3 is 5.97 Å². The highest BCUT2D eigenvalue weighted by Crippen LogP contribution is 2.25. The first kappa shape index (κ1) is 12.1. The number of carbonyl (C=O) groups is 1. The molecule has 0 bridgehead atoms. The van der Waals surface area contributed by atoms with Gasteiger partial charge in [0.25, 0.3) is 0 Å². The average Bonchev–Trinajstić information content (AvgIpc) is 2.29. The highest BCUT2D eigenvalue weighted by molar-refractivity contribution is 5.76. The second-order valence-electron chi connectivity index (χ2n) is 4.82. The molecular formula is C14H19NO2. The van der Waals surface area contributed by atoms with Gasteiger partial charge in [0.15, 0.2) is 0 Å². The fourth-order valence-electron chi connectivity index (χ4n) is 2.48. The van der Waals surface area contributed by atoms with Gasteiger partial charge in [0.05, 0.1) is 5.92 Å². The van der Waals surface area contributed by atoms with Crippen LogP contribution in [0.5, 0.6) is 0 Å². The SMILES string of the molecule is CCC(C(=O)O)c1ccc2c(c1)CCN(C)C2. The summed E-state index contributed by atoms with van der Waals surface area (Å²) in [5.74, 6) is -1.08. The molecule has 3 nitrogen and oxygen atoms in total. The Labute approximate surface area is 102 Å². The molecule has 0 saturated heterocycles. The molecule has 0 aromatic heterocycles. The molecule has 17 heavy (non-hydrogen) atoms. The molecule has 0 aliphatic carbocycles. The van der Waals surface area contributed by atoms with Crippen molar-refractivity contribution in [2.24, 2.45) is 0 Å². The Hall–Kier alpha value is -1.35. The van der Waals surface area contributed by atoms with Gasteiger partial charge in [-0.05, 0) is 36.6 Å². The maximum Gasteiger partial charge on any atom is 0.310 e. The Balaban J connectivity index is 2.30. The lowest BCUT2D eigenvalue weighted by Crippen LogP contribution is -2.26. The highest BCUT2D eigenvalue weighted by Gasteiger charge is 2.20. The van der Waals surface area contributed by atoms with Gasteiger partial charge in [0, 0.05) is 13.1 Å². The van der Waals surface area contributed by atoms with Gasteiger partial charge in [0.2, 0.25) is 0 Å². The van der Waals surface area contributed by atoms with Crippen LogP contribution in [0.4, 0.5) is 0 Å². The molecule has 92 valence electrons. The molecular weight excluding hydrogens is 214 g/mol. The van der Waals surface area contributed by atoms with Crippen LogP contribution in [0, 0.1) is 0 Å². The van der Waals surface area contributed by atoms with Crippen LogP contribution >= 0.6 is 0 Å². The molecule has 0 saturated carbocycles. The topological polar surface area (TPSA) is 40.5 Å². The summed E-state index contributed by atoms with van der Waals surface area (Å²) in [5, 5.41) is 9.16. The molecule has 3 heteroatoms. The van der Waals surface area contributed by atoms with Crippen molar-refractivity contribution in [3.05, 3.63) is 34.9 Å². The second-order valence-corrected chi connectivity index (χ2v) is 4.82. The van der Waals surface area contributed by atoms with Gasteiger partial charge in [-0.1, -0.05) is 25.1 Å². The fourth-order valence-corrected chi connectivity index (χ4v) is 2.48. The zero-order valence-corrected chi connectivity index (χ0v) is 10.4. The number of hydrogen-bond donors (Lipinski definition) is 1. The van der Waals surface area contributed by atoms with E-state index in [1.165, 1.54) is 11.1 Å². The van der Waals surface area contributed by atoms with Crippen LogP contribution in [0.2, 0.25) is 0 Å². The molecule has 0 amide bonds. The zero-order chi connectivity index (χ0) is 12.4. The van der Waals surface area contributed by atoms with E-state index < -0.39 is 5.97 Å². The van der Waals surface area contributed by atoms with Gasteiger partial charge < -0.3 is 10.0 Å². The number of carboxylic acids is 1. The van der Waals surface area contributed by atoms with E-state index in [-0.39, 0.29) is 5.92 Å². The lowest BCUT2D eigenvalue weighted by atomic mass is 9.90. The Morgan fingerprint density at radius 1 is 1.47 bits per heavy atom. The predicted molar refractivity (Wildman–Crippen MR) is 67.1 cm³/mol. The van der Waals surface area contributed by atoms with E-state index in [9.17, 15) is 4.79 Å². The molecule has 1 N–H and O–H groups in total. The van der Waals surface area contributed by atoms with Gasteiger partial charge in [-0.3, -0.25) is 4.79 Å². The molecule has 1 aliphatic heterocycles. The third-order valence-electron chi connectivity index (χ3n) is 3.54. The molecule has 1 aromatic carbocycles. The van der Waals surface area contributed by atoms with Gasteiger partial charge in [-0.25, -0.2) is 0 Å². The van der Waals surface area contributed by atoms with Crippen molar-refractivity contribution in [3.63, 3.8) is 0 Å². The number of carboxylic acid groups (broad SMARTS) is 1. The van der Waals surface area contributed by atoms with Gasteiger partial charge in [0.1, 0.15) is 0 Å². The Morgan fingerprint density at radius 3 is 2.88 bits per heavy atom. The number of aliphatic carboxylic acids is 1. The van der Waals surface area contributed by atoms with E-state index in [1.807, 2.05) is 13.0 Å². The zero-order valence-electron chi connectivity index (χ0n) is 10.4. The van der Waals surface area contributed by atoms with Crippen LogP contribution in [0.3, 0.4) is 0 Å². The maximum absolute atomic E-state index is 11.1. The number of nitrogens with zero attached hydrogens (tertiary/aromatic N) is 1. The number of benzene rings is 1. The second kappa shape index (κ2) is 4.88. The molecule has 1 atom stereocenters. The summed E-state index contributed by atoms with van der Waals surface area (Å²) >= 11 is 0. The minimum Gasteiger partial charge on any atom is -0.481 e. The quantitative estimate of drug-likeness (QED) is 0.870. The molecule has 2 rings (SSSR count). The van der Waals surface area contributed by atoms with E-state index in [2.05, 4.69) is 24.1 Å². The average molecular weight is 233 g/mol. The lowest BCUT2D eigenvalue weighted by Gasteiger charge is -2.26. The monoisotopic (exact) mass is 233 g/mol.